The molecule has 0 saturated carbocycles. The van der Waals surface area contributed by atoms with Crippen LogP contribution in [0.15, 0.2) is 42.5 Å². The van der Waals surface area contributed by atoms with Crippen molar-refractivity contribution in [2.45, 2.75) is 6.92 Å². The first-order chi connectivity index (χ1) is 9.60. The zero-order chi connectivity index (χ0) is 14.5. The van der Waals surface area contributed by atoms with E-state index in [4.69, 9.17) is 16.9 Å². The van der Waals surface area contributed by atoms with Gasteiger partial charge in [-0.25, -0.2) is 4.79 Å². The van der Waals surface area contributed by atoms with E-state index >= 15 is 0 Å². The largest absolute Gasteiger partial charge is 0.323 e. The number of benzene rings is 2. The molecule has 2 aromatic rings. The maximum atomic E-state index is 11.9. The predicted molar refractivity (Wildman–Crippen MR) is 80.0 cm³/mol. The van der Waals surface area contributed by atoms with Crippen LogP contribution in [0, 0.1) is 18.3 Å². The number of rotatable bonds is 2. The van der Waals surface area contributed by atoms with E-state index in [0.717, 1.165) is 5.56 Å². The molecule has 4 nitrogen and oxygen atoms in total. The molecule has 0 unspecified atom stereocenters. The van der Waals surface area contributed by atoms with Crippen molar-refractivity contribution in [2.75, 3.05) is 10.6 Å². The number of hydrogen-bond acceptors (Lipinski definition) is 2. The topological polar surface area (TPSA) is 64.9 Å². The highest BCUT2D eigenvalue weighted by atomic mass is 35.5. The average molecular weight is 286 g/mol. The highest BCUT2D eigenvalue weighted by molar-refractivity contribution is 6.31. The third-order valence-corrected chi connectivity index (χ3v) is 3.17. The Morgan fingerprint density at radius 2 is 1.95 bits per heavy atom. The Morgan fingerprint density at radius 3 is 2.70 bits per heavy atom. The quantitative estimate of drug-likeness (QED) is 0.870. The van der Waals surface area contributed by atoms with Gasteiger partial charge in [-0.2, -0.15) is 5.26 Å². The minimum atomic E-state index is -0.384. The van der Waals surface area contributed by atoms with Gasteiger partial charge in [-0.1, -0.05) is 23.7 Å². The molecule has 0 heterocycles. The SMILES string of the molecule is Cc1c(Cl)cccc1NC(=O)Nc1cccc(C#N)c1. The van der Waals surface area contributed by atoms with Gasteiger partial charge >= 0.3 is 6.03 Å². The lowest BCUT2D eigenvalue weighted by Crippen LogP contribution is -2.20. The van der Waals surface area contributed by atoms with Crippen molar-refractivity contribution in [3.63, 3.8) is 0 Å². The third kappa shape index (κ3) is 3.28. The molecule has 0 aliphatic carbocycles. The molecule has 2 rings (SSSR count). The third-order valence-electron chi connectivity index (χ3n) is 2.77. The van der Waals surface area contributed by atoms with Crippen LogP contribution in [0.5, 0.6) is 0 Å². The van der Waals surface area contributed by atoms with Crippen LogP contribution >= 0.6 is 11.6 Å². The first-order valence-electron chi connectivity index (χ1n) is 5.93. The van der Waals surface area contributed by atoms with Crippen molar-refractivity contribution >= 4 is 29.0 Å². The van der Waals surface area contributed by atoms with Gasteiger partial charge in [0, 0.05) is 16.4 Å². The minimum absolute atomic E-state index is 0.384. The van der Waals surface area contributed by atoms with E-state index < -0.39 is 0 Å². The molecule has 100 valence electrons. The monoisotopic (exact) mass is 285 g/mol. The van der Waals surface area contributed by atoms with Gasteiger partial charge in [0.15, 0.2) is 0 Å². The van der Waals surface area contributed by atoms with Crippen molar-refractivity contribution in [2.24, 2.45) is 0 Å². The van der Waals surface area contributed by atoms with Crippen LogP contribution in [0.25, 0.3) is 0 Å². The molecular formula is C15H12ClN3O. The van der Waals surface area contributed by atoms with Gasteiger partial charge in [0.25, 0.3) is 0 Å². The molecule has 0 fully saturated rings. The van der Waals surface area contributed by atoms with Crippen LogP contribution in [0.2, 0.25) is 5.02 Å². The van der Waals surface area contributed by atoms with E-state index in [1.54, 1.807) is 42.5 Å². The van der Waals surface area contributed by atoms with Crippen molar-refractivity contribution in [3.8, 4) is 6.07 Å². The van der Waals surface area contributed by atoms with Crippen LogP contribution in [0.3, 0.4) is 0 Å². The van der Waals surface area contributed by atoms with E-state index in [-0.39, 0.29) is 6.03 Å². The predicted octanol–water partition coefficient (Wildman–Crippen LogP) is 4.16. The minimum Gasteiger partial charge on any atom is -0.308 e. The van der Waals surface area contributed by atoms with Gasteiger partial charge in [0.05, 0.1) is 11.6 Å². The fourth-order valence-corrected chi connectivity index (χ4v) is 1.87. The summed E-state index contributed by atoms with van der Waals surface area (Å²) in [4.78, 5) is 11.9. The van der Waals surface area contributed by atoms with Crippen molar-refractivity contribution in [1.82, 2.24) is 0 Å². The second-order valence-corrected chi connectivity index (χ2v) is 4.59. The summed E-state index contributed by atoms with van der Waals surface area (Å²) >= 11 is 5.99. The molecule has 2 N–H and O–H groups in total. The Bertz CT molecular complexity index is 692. The summed E-state index contributed by atoms with van der Waals surface area (Å²) in [6.07, 6.45) is 0. The number of carbonyl (C=O) groups is 1. The number of halogens is 1. The van der Waals surface area contributed by atoms with Gasteiger partial charge in [0.2, 0.25) is 0 Å². The lowest BCUT2D eigenvalue weighted by molar-refractivity contribution is 0.262. The normalized spacial score (nSPS) is 9.65. The average Bonchev–Trinajstić information content (AvgIpc) is 2.44. The summed E-state index contributed by atoms with van der Waals surface area (Å²) in [5, 5.41) is 14.8. The number of amides is 2. The first kappa shape index (κ1) is 13.9. The van der Waals surface area contributed by atoms with Gasteiger partial charge in [-0.15, -0.1) is 0 Å². The van der Waals surface area contributed by atoms with E-state index in [0.29, 0.717) is 22.0 Å². The van der Waals surface area contributed by atoms with E-state index in [9.17, 15) is 4.79 Å². The second-order valence-electron chi connectivity index (χ2n) is 4.18. The molecule has 0 aromatic heterocycles. The van der Waals surface area contributed by atoms with Crippen molar-refractivity contribution in [3.05, 3.63) is 58.6 Å². The number of hydrogen-bond donors (Lipinski definition) is 2. The molecule has 0 spiro atoms. The maximum absolute atomic E-state index is 11.9. The van der Waals surface area contributed by atoms with Crippen LogP contribution < -0.4 is 10.6 Å². The Labute approximate surface area is 122 Å². The maximum Gasteiger partial charge on any atom is 0.323 e. The lowest BCUT2D eigenvalue weighted by Gasteiger charge is -2.10. The summed E-state index contributed by atoms with van der Waals surface area (Å²) in [6.45, 7) is 1.83. The summed E-state index contributed by atoms with van der Waals surface area (Å²) in [6, 6.07) is 13.6. The van der Waals surface area contributed by atoms with Crippen LogP contribution in [-0.4, -0.2) is 6.03 Å². The summed E-state index contributed by atoms with van der Waals surface area (Å²) < 4.78 is 0. The zero-order valence-corrected chi connectivity index (χ0v) is 11.5. The highest BCUT2D eigenvalue weighted by Gasteiger charge is 2.07. The molecule has 0 atom stereocenters. The molecule has 0 aliphatic rings. The number of nitrogens with one attached hydrogen (secondary N) is 2. The van der Waals surface area contributed by atoms with Crippen LogP contribution in [0.4, 0.5) is 16.2 Å². The van der Waals surface area contributed by atoms with Gasteiger partial charge in [0.1, 0.15) is 0 Å². The molecule has 0 saturated heterocycles. The molecule has 0 radical (unpaired) electrons. The number of carbonyl (C=O) groups excluding carboxylic acids is 1. The number of nitriles is 1. The van der Waals surface area contributed by atoms with Crippen molar-refractivity contribution in [1.29, 1.82) is 5.26 Å². The van der Waals surface area contributed by atoms with E-state index in [2.05, 4.69) is 10.6 Å². The highest BCUT2D eigenvalue weighted by Crippen LogP contribution is 2.23. The fraction of sp³-hybridized carbons (Fsp3) is 0.0667. The summed E-state index contributed by atoms with van der Waals surface area (Å²) in [7, 11) is 0. The standard InChI is InChI=1S/C15H12ClN3O/c1-10-13(16)6-3-7-14(10)19-15(20)18-12-5-2-4-11(8-12)9-17/h2-8H,1H3,(H2,18,19,20). The number of urea groups is 1. The van der Waals surface area contributed by atoms with Crippen LogP contribution in [-0.2, 0) is 0 Å². The summed E-state index contributed by atoms with van der Waals surface area (Å²) in [5.74, 6) is 0. The molecule has 2 amide bonds. The van der Waals surface area contributed by atoms with E-state index in [1.807, 2.05) is 13.0 Å². The molecular weight excluding hydrogens is 274 g/mol. The number of nitrogens with zero attached hydrogens (tertiary/aromatic N) is 1. The molecule has 2 aromatic carbocycles. The number of anilines is 2. The Balaban J connectivity index is 2.09. The van der Waals surface area contributed by atoms with Gasteiger partial charge in [-0.05, 0) is 42.8 Å². The Kier molecular flexibility index (Phi) is 4.24. The Morgan fingerprint density at radius 1 is 1.20 bits per heavy atom. The molecule has 5 heteroatoms. The summed E-state index contributed by atoms with van der Waals surface area (Å²) in [5.41, 5.74) is 2.49. The first-order valence-corrected chi connectivity index (χ1v) is 6.31. The fourth-order valence-electron chi connectivity index (χ4n) is 1.69. The van der Waals surface area contributed by atoms with Crippen LogP contribution in [0.1, 0.15) is 11.1 Å². The zero-order valence-electron chi connectivity index (χ0n) is 10.8. The smallest absolute Gasteiger partial charge is 0.308 e. The Hall–Kier alpha value is -2.51. The molecule has 0 aliphatic heterocycles. The lowest BCUT2D eigenvalue weighted by atomic mass is 10.2. The van der Waals surface area contributed by atoms with Crippen molar-refractivity contribution < 1.29 is 4.79 Å². The van der Waals surface area contributed by atoms with Gasteiger partial charge in [-0.3, -0.25) is 0 Å². The second kappa shape index (κ2) is 6.09. The van der Waals surface area contributed by atoms with Gasteiger partial charge < -0.3 is 10.6 Å². The molecule has 20 heavy (non-hydrogen) atoms. The molecule has 0 bridgehead atoms. The van der Waals surface area contributed by atoms with E-state index in [1.165, 1.54) is 0 Å².